The Balaban J connectivity index is 2.19. The lowest BCUT2D eigenvalue weighted by Crippen LogP contribution is -2.37. The van der Waals surface area contributed by atoms with E-state index in [9.17, 15) is 4.79 Å². The molecule has 2 amide bonds. The fourth-order valence-corrected chi connectivity index (χ4v) is 1.64. The molecule has 17 heavy (non-hydrogen) atoms. The maximum atomic E-state index is 11.4. The van der Waals surface area contributed by atoms with Crippen LogP contribution >= 0.6 is 0 Å². The summed E-state index contributed by atoms with van der Waals surface area (Å²) in [4.78, 5) is 11.4. The van der Waals surface area contributed by atoms with Gasteiger partial charge >= 0.3 is 6.03 Å². The molecular weight excluding hydrogens is 212 g/mol. The van der Waals surface area contributed by atoms with Gasteiger partial charge in [-0.1, -0.05) is 37.6 Å². The largest absolute Gasteiger partial charge is 0.338 e. The molecule has 0 radical (unpaired) electrons. The summed E-state index contributed by atoms with van der Waals surface area (Å²) < 4.78 is 0. The number of urea groups is 1. The van der Waals surface area contributed by atoms with Gasteiger partial charge in [0, 0.05) is 13.1 Å². The van der Waals surface area contributed by atoms with Gasteiger partial charge in [-0.25, -0.2) is 4.79 Å². The van der Waals surface area contributed by atoms with Crippen LogP contribution in [0.3, 0.4) is 0 Å². The molecule has 0 aliphatic heterocycles. The van der Waals surface area contributed by atoms with Crippen LogP contribution in [0.2, 0.25) is 0 Å². The number of unbranched alkanes of at least 4 members (excludes halogenated alkanes) is 1. The summed E-state index contributed by atoms with van der Waals surface area (Å²) in [6.07, 6.45) is 3.02. The number of rotatable bonds is 6. The fourth-order valence-electron chi connectivity index (χ4n) is 1.64. The Morgan fingerprint density at radius 2 is 1.88 bits per heavy atom. The molecule has 0 unspecified atom stereocenters. The van der Waals surface area contributed by atoms with Crippen LogP contribution in [0.1, 0.15) is 30.9 Å². The topological polar surface area (TPSA) is 41.1 Å². The van der Waals surface area contributed by atoms with E-state index in [1.54, 1.807) is 0 Å². The molecule has 0 aromatic heterocycles. The summed E-state index contributed by atoms with van der Waals surface area (Å²) in [5.41, 5.74) is 2.57. The fraction of sp³-hybridized carbons (Fsp3) is 0.500. The summed E-state index contributed by atoms with van der Waals surface area (Å²) in [7, 11) is 0. The molecule has 94 valence electrons. The Morgan fingerprint density at radius 1 is 1.18 bits per heavy atom. The van der Waals surface area contributed by atoms with Crippen molar-refractivity contribution in [3.05, 3.63) is 35.4 Å². The zero-order valence-electron chi connectivity index (χ0n) is 10.8. The van der Waals surface area contributed by atoms with Crippen LogP contribution in [0.4, 0.5) is 4.79 Å². The minimum absolute atomic E-state index is 0.0629. The SMILES string of the molecule is CCCCNC(=O)NCCc1ccccc1C. The van der Waals surface area contributed by atoms with Gasteiger partial charge in [0.25, 0.3) is 0 Å². The molecule has 0 aliphatic carbocycles. The number of nitrogens with one attached hydrogen (secondary N) is 2. The van der Waals surface area contributed by atoms with Crippen molar-refractivity contribution in [2.45, 2.75) is 33.1 Å². The number of hydrogen-bond acceptors (Lipinski definition) is 1. The van der Waals surface area contributed by atoms with Crippen LogP contribution < -0.4 is 10.6 Å². The molecule has 0 bridgehead atoms. The molecule has 0 saturated heterocycles. The van der Waals surface area contributed by atoms with E-state index < -0.39 is 0 Å². The van der Waals surface area contributed by atoms with Crippen molar-refractivity contribution >= 4 is 6.03 Å². The van der Waals surface area contributed by atoms with Gasteiger partial charge in [-0.15, -0.1) is 0 Å². The van der Waals surface area contributed by atoms with E-state index in [1.807, 2.05) is 12.1 Å². The first-order chi connectivity index (χ1) is 8.24. The highest BCUT2D eigenvalue weighted by Gasteiger charge is 2.00. The van der Waals surface area contributed by atoms with Crippen LogP contribution in [-0.4, -0.2) is 19.1 Å². The quantitative estimate of drug-likeness (QED) is 0.730. The van der Waals surface area contributed by atoms with E-state index in [-0.39, 0.29) is 6.03 Å². The Morgan fingerprint density at radius 3 is 2.59 bits per heavy atom. The second kappa shape index (κ2) is 7.71. The lowest BCUT2D eigenvalue weighted by molar-refractivity contribution is 0.241. The molecule has 1 aromatic rings. The van der Waals surface area contributed by atoms with Crippen LogP contribution in [0.25, 0.3) is 0 Å². The van der Waals surface area contributed by atoms with E-state index in [2.05, 4.69) is 36.6 Å². The average molecular weight is 234 g/mol. The number of carbonyl (C=O) groups is 1. The standard InChI is InChI=1S/C14H22N2O/c1-3-4-10-15-14(17)16-11-9-13-8-6-5-7-12(13)2/h5-8H,3-4,9-11H2,1-2H3,(H2,15,16,17). The number of benzene rings is 1. The monoisotopic (exact) mass is 234 g/mol. The highest BCUT2D eigenvalue weighted by molar-refractivity contribution is 5.73. The number of hydrogen-bond donors (Lipinski definition) is 2. The van der Waals surface area contributed by atoms with E-state index in [1.165, 1.54) is 11.1 Å². The zero-order valence-corrected chi connectivity index (χ0v) is 10.8. The van der Waals surface area contributed by atoms with Crippen molar-refractivity contribution < 1.29 is 4.79 Å². The Kier molecular flexibility index (Phi) is 6.15. The Labute approximate surface area is 104 Å². The van der Waals surface area contributed by atoms with Crippen molar-refractivity contribution in [3.63, 3.8) is 0 Å². The average Bonchev–Trinajstić information content (AvgIpc) is 2.32. The summed E-state index contributed by atoms with van der Waals surface area (Å²) in [5.74, 6) is 0. The van der Waals surface area contributed by atoms with Gasteiger partial charge in [0.1, 0.15) is 0 Å². The summed E-state index contributed by atoms with van der Waals surface area (Å²) in [6.45, 7) is 5.64. The molecule has 0 heterocycles. The van der Waals surface area contributed by atoms with Gasteiger partial charge in [0.2, 0.25) is 0 Å². The zero-order chi connectivity index (χ0) is 12.5. The normalized spacial score (nSPS) is 10.0. The molecule has 3 heteroatoms. The number of aryl methyl sites for hydroxylation is 1. The molecule has 1 rings (SSSR count). The Hall–Kier alpha value is -1.51. The predicted octanol–water partition coefficient (Wildman–Crippen LogP) is 2.64. The van der Waals surface area contributed by atoms with Crippen molar-refractivity contribution in [2.75, 3.05) is 13.1 Å². The van der Waals surface area contributed by atoms with Gasteiger partial charge in [-0.05, 0) is 30.9 Å². The van der Waals surface area contributed by atoms with Crippen molar-refractivity contribution in [1.82, 2.24) is 10.6 Å². The van der Waals surface area contributed by atoms with Gasteiger partial charge in [-0.3, -0.25) is 0 Å². The number of carbonyl (C=O) groups excluding carboxylic acids is 1. The van der Waals surface area contributed by atoms with Crippen LogP contribution in [0.15, 0.2) is 24.3 Å². The third-order valence-electron chi connectivity index (χ3n) is 2.76. The third-order valence-corrected chi connectivity index (χ3v) is 2.76. The first-order valence-electron chi connectivity index (χ1n) is 6.30. The molecular formula is C14H22N2O. The molecule has 2 N–H and O–H groups in total. The lowest BCUT2D eigenvalue weighted by Gasteiger charge is -2.08. The van der Waals surface area contributed by atoms with Crippen molar-refractivity contribution in [2.24, 2.45) is 0 Å². The number of amides is 2. The summed E-state index contributed by atoms with van der Waals surface area (Å²) in [6, 6.07) is 8.20. The van der Waals surface area contributed by atoms with Gasteiger partial charge in [0.15, 0.2) is 0 Å². The molecule has 0 atom stereocenters. The van der Waals surface area contributed by atoms with Crippen molar-refractivity contribution in [3.8, 4) is 0 Å². The highest BCUT2D eigenvalue weighted by Crippen LogP contribution is 2.06. The summed E-state index contributed by atoms with van der Waals surface area (Å²) >= 11 is 0. The summed E-state index contributed by atoms with van der Waals surface area (Å²) in [5, 5.41) is 5.70. The van der Waals surface area contributed by atoms with E-state index >= 15 is 0 Å². The van der Waals surface area contributed by atoms with E-state index in [0.29, 0.717) is 6.54 Å². The van der Waals surface area contributed by atoms with E-state index in [4.69, 9.17) is 0 Å². The molecule has 0 fully saturated rings. The van der Waals surface area contributed by atoms with Gasteiger partial charge in [0.05, 0.1) is 0 Å². The van der Waals surface area contributed by atoms with Crippen LogP contribution in [0, 0.1) is 6.92 Å². The molecule has 0 saturated carbocycles. The minimum atomic E-state index is -0.0629. The second-order valence-electron chi connectivity index (χ2n) is 4.21. The van der Waals surface area contributed by atoms with Gasteiger partial charge < -0.3 is 10.6 Å². The Bertz CT molecular complexity index is 350. The predicted molar refractivity (Wildman–Crippen MR) is 71.2 cm³/mol. The lowest BCUT2D eigenvalue weighted by atomic mass is 10.1. The van der Waals surface area contributed by atoms with E-state index in [0.717, 1.165) is 25.8 Å². The van der Waals surface area contributed by atoms with Crippen LogP contribution in [0.5, 0.6) is 0 Å². The second-order valence-corrected chi connectivity index (χ2v) is 4.21. The minimum Gasteiger partial charge on any atom is -0.338 e. The van der Waals surface area contributed by atoms with Crippen LogP contribution in [-0.2, 0) is 6.42 Å². The maximum absolute atomic E-state index is 11.4. The highest BCUT2D eigenvalue weighted by atomic mass is 16.2. The molecule has 3 nitrogen and oxygen atoms in total. The first kappa shape index (κ1) is 13.6. The molecule has 0 spiro atoms. The molecule has 1 aromatic carbocycles. The van der Waals surface area contributed by atoms with Gasteiger partial charge in [-0.2, -0.15) is 0 Å². The third kappa shape index (κ3) is 5.38. The molecule has 0 aliphatic rings. The van der Waals surface area contributed by atoms with Crippen molar-refractivity contribution in [1.29, 1.82) is 0 Å². The smallest absolute Gasteiger partial charge is 0.314 e. The maximum Gasteiger partial charge on any atom is 0.314 e. The first-order valence-corrected chi connectivity index (χ1v) is 6.30.